The average Bonchev–Trinajstić information content (AvgIpc) is 2.54. The van der Waals surface area contributed by atoms with E-state index in [4.69, 9.17) is 4.74 Å². The zero-order valence-electron chi connectivity index (χ0n) is 13.1. The molecule has 1 rings (SSSR count). The van der Waals surface area contributed by atoms with Crippen LogP contribution in [-0.2, 0) is 9.53 Å². The van der Waals surface area contributed by atoms with E-state index in [9.17, 15) is 4.79 Å². The van der Waals surface area contributed by atoms with Crippen LogP contribution in [0.4, 0.5) is 0 Å². The Labute approximate surface area is 117 Å². The Morgan fingerprint density at radius 1 is 1.21 bits per heavy atom. The second-order valence-electron chi connectivity index (χ2n) is 6.36. The van der Waals surface area contributed by atoms with Crippen molar-refractivity contribution in [2.75, 3.05) is 19.8 Å². The van der Waals surface area contributed by atoms with Gasteiger partial charge in [0.15, 0.2) is 0 Å². The van der Waals surface area contributed by atoms with E-state index < -0.39 is 0 Å². The summed E-state index contributed by atoms with van der Waals surface area (Å²) in [5.41, 5.74) is 0. The standard InChI is InChI=1S/C15H30N2O2/c1-11(2)6-8-19-9-7-17-14(10-12(3)4)16-13(5)15(17)18/h11-14,16H,6-10H2,1-5H3. The van der Waals surface area contributed by atoms with Gasteiger partial charge in [0.1, 0.15) is 0 Å². The molecule has 1 fully saturated rings. The monoisotopic (exact) mass is 270 g/mol. The summed E-state index contributed by atoms with van der Waals surface area (Å²) in [6, 6.07) is -0.0561. The summed E-state index contributed by atoms with van der Waals surface area (Å²) in [6.07, 6.45) is 2.26. The Hall–Kier alpha value is -0.610. The van der Waals surface area contributed by atoms with Crippen molar-refractivity contribution in [3.63, 3.8) is 0 Å². The molecule has 1 N–H and O–H groups in total. The second-order valence-corrected chi connectivity index (χ2v) is 6.36. The van der Waals surface area contributed by atoms with E-state index in [2.05, 4.69) is 33.0 Å². The van der Waals surface area contributed by atoms with E-state index in [-0.39, 0.29) is 18.1 Å². The highest BCUT2D eigenvalue weighted by atomic mass is 16.5. The van der Waals surface area contributed by atoms with Crippen molar-refractivity contribution < 1.29 is 9.53 Å². The summed E-state index contributed by atoms with van der Waals surface area (Å²) in [5.74, 6) is 1.46. The maximum Gasteiger partial charge on any atom is 0.240 e. The van der Waals surface area contributed by atoms with Crippen molar-refractivity contribution in [3.8, 4) is 0 Å². The van der Waals surface area contributed by atoms with Gasteiger partial charge in [-0.2, -0.15) is 0 Å². The Bertz CT molecular complexity index is 279. The van der Waals surface area contributed by atoms with Gasteiger partial charge in [0.25, 0.3) is 0 Å². The first-order valence-electron chi connectivity index (χ1n) is 7.56. The molecule has 112 valence electrons. The summed E-state index contributed by atoms with van der Waals surface area (Å²) >= 11 is 0. The Morgan fingerprint density at radius 3 is 2.47 bits per heavy atom. The predicted molar refractivity (Wildman–Crippen MR) is 77.8 cm³/mol. The molecule has 0 radical (unpaired) electrons. The molecule has 0 bridgehead atoms. The van der Waals surface area contributed by atoms with E-state index in [1.54, 1.807) is 0 Å². The average molecular weight is 270 g/mol. The van der Waals surface area contributed by atoms with Gasteiger partial charge in [-0.05, 0) is 31.6 Å². The van der Waals surface area contributed by atoms with E-state index in [1.165, 1.54) is 0 Å². The van der Waals surface area contributed by atoms with E-state index in [1.807, 2.05) is 11.8 Å². The van der Waals surface area contributed by atoms with Gasteiger partial charge in [0.05, 0.1) is 18.8 Å². The molecule has 0 aromatic heterocycles. The summed E-state index contributed by atoms with van der Waals surface area (Å²) in [5, 5.41) is 3.36. The van der Waals surface area contributed by atoms with Crippen LogP contribution in [0.2, 0.25) is 0 Å². The molecule has 2 atom stereocenters. The first-order valence-corrected chi connectivity index (χ1v) is 7.56. The molecule has 1 amide bonds. The zero-order valence-corrected chi connectivity index (χ0v) is 13.1. The van der Waals surface area contributed by atoms with Crippen LogP contribution < -0.4 is 5.32 Å². The van der Waals surface area contributed by atoms with Crippen molar-refractivity contribution in [1.29, 1.82) is 0 Å². The van der Waals surface area contributed by atoms with Crippen molar-refractivity contribution in [1.82, 2.24) is 10.2 Å². The van der Waals surface area contributed by atoms with Gasteiger partial charge in [-0.3, -0.25) is 10.1 Å². The van der Waals surface area contributed by atoms with Crippen LogP contribution in [0, 0.1) is 11.8 Å². The smallest absolute Gasteiger partial charge is 0.240 e. The molecule has 1 aliphatic heterocycles. The minimum atomic E-state index is -0.0561. The molecular formula is C15H30N2O2. The number of hydrogen-bond donors (Lipinski definition) is 1. The number of rotatable bonds is 8. The molecule has 0 aromatic rings. The Morgan fingerprint density at radius 2 is 1.89 bits per heavy atom. The lowest BCUT2D eigenvalue weighted by molar-refractivity contribution is -0.130. The SMILES string of the molecule is CC(C)CCOCCN1C(=O)C(C)NC1CC(C)C. The second kappa shape index (κ2) is 7.85. The number of nitrogens with one attached hydrogen (secondary N) is 1. The highest BCUT2D eigenvalue weighted by Crippen LogP contribution is 2.17. The number of ether oxygens (including phenoxy) is 1. The Balaban J connectivity index is 2.33. The number of nitrogens with zero attached hydrogens (tertiary/aromatic N) is 1. The molecular weight excluding hydrogens is 240 g/mol. The summed E-state index contributed by atoms with van der Waals surface area (Å²) < 4.78 is 5.62. The molecule has 0 aromatic carbocycles. The fourth-order valence-corrected chi connectivity index (χ4v) is 2.34. The van der Waals surface area contributed by atoms with Crippen LogP contribution in [-0.4, -0.2) is 42.8 Å². The normalized spacial score (nSPS) is 23.9. The lowest BCUT2D eigenvalue weighted by atomic mass is 10.1. The minimum absolute atomic E-state index is 0.0561. The molecule has 4 nitrogen and oxygen atoms in total. The number of hydrogen-bond acceptors (Lipinski definition) is 3. The van der Waals surface area contributed by atoms with Crippen LogP contribution in [0.15, 0.2) is 0 Å². The van der Waals surface area contributed by atoms with E-state index in [0.717, 1.165) is 19.4 Å². The molecule has 19 heavy (non-hydrogen) atoms. The van der Waals surface area contributed by atoms with E-state index in [0.29, 0.717) is 25.0 Å². The topological polar surface area (TPSA) is 41.6 Å². The lowest BCUT2D eigenvalue weighted by Gasteiger charge is -2.25. The van der Waals surface area contributed by atoms with Gasteiger partial charge in [0, 0.05) is 13.2 Å². The fourth-order valence-electron chi connectivity index (χ4n) is 2.34. The predicted octanol–water partition coefficient (Wildman–Crippen LogP) is 2.24. The molecule has 1 saturated heterocycles. The molecule has 0 spiro atoms. The maximum absolute atomic E-state index is 12.1. The van der Waals surface area contributed by atoms with Gasteiger partial charge in [-0.25, -0.2) is 0 Å². The van der Waals surface area contributed by atoms with Crippen LogP contribution in [0.25, 0.3) is 0 Å². The Kier molecular flexibility index (Phi) is 6.80. The minimum Gasteiger partial charge on any atom is -0.380 e. The highest BCUT2D eigenvalue weighted by Gasteiger charge is 2.35. The van der Waals surface area contributed by atoms with Crippen LogP contribution in [0.1, 0.15) is 47.5 Å². The molecule has 0 saturated carbocycles. The molecule has 1 heterocycles. The van der Waals surface area contributed by atoms with Crippen molar-refractivity contribution in [2.45, 2.75) is 59.7 Å². The van der Waals surface area contributed by atoms with E-state index >= 15 is 0 Å². The molecule has 4 heteroatoms. The summed E-state index contributed by atoms with van der Waals surface area (Å²) in [6.45, 7) is 12.8. The summed E-state index contributed by atoms with van der Waals surface area (Å²) in [7, 11) is 0. The quantitative estimate of drug-likeness (QED) is 0.688. The number of amides is 1. The van der Waals surface area contributed by atoms with Crippen LogP contribution in [0.5, 0.6) is 0 Å². The van der Waals surface area contributed by atoms with Gasteiger partial charge in [-0.1, -0.05) is 27.7 Å². The van der Waals surface area contributed by atoms with Crippen LogP contribution >= 0.6 is 0 Å². The maximum atomic E-state index is 12.1. The van der Waals surface area contributed by atoms with Gasteiger partial charge in [0.2, 0.25) is 5.91 Å². The first kappa shape index (κ1) is 16.4. The third-order valence-electron chi connectivity index (χ3n) is 3.48. The van der Waals surface area contributed by atoms with Crippen molar-refractivity contribution in [3.05, 3.63) is 0 Å². The summed E-state index contributed by atoms with van der Waals surface area (Å²) in [4.78, 5) is 14.0. The third kappa shape index (κ3) is 5.49. The number of carbonyl (C=O) groups excluding carboxylic acids is 1. The molecule has 1 aliphatic rings. The van der Waals surface area contributed by atoms with Crippen LogP contribution in [0.3, 0.4) is 0 Å². The van der Waals surface area contributed by atoms with Crippen molar-refractivity contribution in [2.24, 2.45) is 11.8 Å². The lowest BCUT2D eigenvalue weighted by Crippen LogP contribution is -2.40. The zero-order chi connectivity index (χ0) is 14.4. The third-order valence-corrected chi connectivity index (χ3v) is 3.48. The molecule has 2 unspecified atom stereocenters. The number of carbonyl (C=O) groups is 1. The largest absolute Gasteiger partial charge is 0.380 e. The van der Waals surface area contributed by atoms with Gasteiger partial charge >= 0.3 is 0 Å². The molecule has 0 aliphatic carbocycles. The fraction of sp³-hybridized carbons (Fsp3) is 0.933. The highest BCUT2D eigenvalue weighted by molar-refractivity contribution is 5.83. The van der Waals surface area contributed by atoms with Gasteiger partial charge in [-0.15, -0.1) is 0 Å². The van der Waals surface area contributed by atoms with Crippen molar-refractivity contribution >= 4 is 5.91 Å². The van der Waals surface area contributed by atoms with Gasteiger partial charge < -0.3 is 9.64 Å². The first-order chi connectivity index (χ1) is 8.91.